The van der Waals surface area contributed by atoms with Crippen molar-refractivity contribution in [3.05, 3.63) is 51.6 Å². The van der Waals surface area contributed by atoms with Crippen LogP contribution in [0.5, 0.6) is 0 Å². The fraction of sp³-hybridized carbons (Fsp3) is 0.357. The molecular formula is C14H14F2N2O3. The average Bonchev–Trinajstić information content (AvgIpc) is 2.46. The Morgan fingerprint density at radius 2 is 2.14 bits per heavy atom. The van der Waals surface area contributed by atoms with Crippen molar-refractivity contribution in [3.63, 3.8) is 0 Å². The molecule has 0 fully saturated rings. The highest BCUT2D eigenvalue weighted by molar-refractivity contribution is 5.95. The van der Waals surface area contributed by atoms with E-state index < -0.39 is 33.7 Å². The molecule has 0 heterocycles. The van der Waals surface area contributed by atoms with E-state index in [4.69, 9.17) is 0 Å². The van der Waals surface area contributed by atoms with Gasteiger partial charge < -0.3 is 5.32 Å². The maximum Gasteiger partial charge on any atom is 0.305 e. The van der Waals surface area contributed by atoms with E-state index in [9.17, 15) is 23.7 Å². The topological polar surface area (TPSA) is 72.2 Å². The molecule has 1 atom stereocenters. The molecular weight excluding hydrogens is 282 g/mol. The zero-order valence-corrected chi connectivity index (χ0v) is 11.1. The van der Waals surface area contributed by atoms with Crippen molar-refractivity contribution in [1.82, 2.24) is 5.32 Å². The summed E-state index contributed by atoms with van der Waals surface area (Å²) < 4.78 is 27.4. The lowest BCUT2D eigenvalue weighted by Gasteiger charge is -2.18. The summed E-state index contributed by atoms with van der Waals surface area (Å²) >= 11 is 0. The van der Waals surface area contributed by atoms with Gasteiger partial charge in [0.15, 0.2) is 0 Å². The molecule has 1 aliphatic rings. The lowest BCUT2D eigenvalue weighted by Crippen LogP contribution is -2.31. The van der Waals surface area contributed by atoms with Crippen LogP contribution >= 0.6 is 0 Å². The van der Waals surface area contributed by atoms with Crippen LogP contribution in [-0.2, 0) is 0 Å². The van der Waals surface area contributed by atoms with Gasteiger partial charge in [0.1, 0.15) is 11.4 Å². The molecule has 1 unspecified atom stereocenters. The fourth-order valence-corrected chi connectivity index (χ4v) is 2.26. The number of nitro groups is 1. The molecule has 1 amide bonds. The minimum absolute atomic E-state index is 0.212. The highest BCUT2D eigenvalue weighted by Crippen LogP contribution is 2.23. The van der Waals surface area contributed by atoms with Crippen molar-refractivity contribution < 1.29 is 18.5 Å². The molecule has 0 radical (unpaired) electrons. The summed E-state index contributed by atoms with van der Waals surface area (Å²) in [6.45, 7) is 0.282. The minimum atomic E-state index is -1.44. The second-order valence-corrected chi connectivity index (χ2v) is 4.87. The zero-order valence-electron chi connectivity index (χ0n) is 11.1. The number of benzene rings is 1. The fourth-order valence-electron chi connectivity index (χ4n) is 2.26. The largest absolute Gasteiger partial charge is 0.352 e. The molecule has 1 aromatic rings. The Morgan fingerprint density at radius 3 is 2.76 bits per heavy atom. The third-order valence-electron chi connectivity index (χ3n) is 3.42. The summed E-state index contributed by atoms with van der Waals surface area (Å²) in [6, 6.07) is 1.42. The first-order valence-electron chi connectivity index (χ1n) is 6.56. The van der Waals surface area contributed by atoms with Crippen LogP contribution in [0.1, 0.15) is 29.6 Å². The number of carbonyl (C=O) groups excluding carboxylic acids is 1. The number of nitrogens with zero attached hydrogens (tertiary/aromatic N) is 1. The Bertz CT molecular complexity index is 602. The predicted octanol–water partition coefficient (Wildman–Crippen LogP) is 2.96. The molecule has 0 bridgehead atoms. The maximum absolute atomic E-state index is 13.8. The van der Waals surface area contributed by atoms with Crippen LogP contribution in [0.25, 0.3) is 0 Å². The summed E-state index contributed by atoms with van der Waals surface area (Å²) in [5.41, 5.74) is -1.82. The van der Waals surface area contributed by atoms with Crippen LogP contribution in [0.15, 0.2) is 24.3 Å². The molecule has 0 saturated carbocycles. The molecule has 112 valence electrons. The smallest absolute Gasteiger partial charge is 0.305 e. The molecule has 1 N–H and O–H groups in total. The number of hydrogen-bond donors (Lipinski definition) is 1. The van der Waals surface area contributed by atoms with Gasteiger partial charge in [-0.3, -0.25) is 14.9 Å². The second kappa shape index (κ2) is 6.43. The number of amides is 1. The van der Waals surface area contributed by atoms with E-state index >= 15 is 0 Å². The lowest BCUT2D eigenvalue weighted by molar-refractivity contribution is -0.387. The number of nitro benzene ring substituents is 1. The van der Waals surface area contributed by atoms with E-state index in [0.717, 1.165) is 25.3 Å². The van der Waals surface area contributed by atoms with Crippen molar-refractivity contribution in [2.75, 3.05) is 6.54 Å². The molecule has 1 aliphatic carbocycles. The molecule has 1 aromatic carbocycles. The van der Waals surface area contributed by atoms with Crippen LogP contribution in [0.2, 0.25) is 0 Å². The lowest BCUT2D eigenvalue weighted by atomic mass is 9.94. The summed E-state index contributed by atoms with van der Waals surface area (Å²) in [5.74, 6) is -3.31. The first-order valence-corrected chi connectivity index (χ1v) is 6.56. The van der Waals surface area contributed by atoms with Crippen LogP contribution in [0.3, 0.4) is 0 Å². The van der Waals surface area contributed by atoms with Gasteiger partial charge in [-0.15, -0.1) is 0 Å². The van der Waals surface area contributed by atoms with E-state index in [-0.39, 0.29) is 12.5 Å². The Balaban J connectivity index is 2.13. The van der Waals surface area contributed by atoms with E-state index in [1.165, 1.54) is 0 Å². The summed E-state index contributed by atoms with van der Waals surface area (Å²) in [4.78, 5) is 21.5. The summed E-state index contributed by atoms with van der Waals surface area (Å²) in [5, 5.41) is 13.1. The first-order chi connectivity index (χ1) is 10.0. The molecule has 0 aromatic heterocycles. The van der Waals surface area contributed by atoms with Crippen molar-refractivity contribution >= 4 is 11.6 Å². The monoisotopic (exact) mass is 296 g/mol. The molecule has 7 heteroatoms. The Hall–Kier alpha value is -2.31. The average molecular weight is 296 g/mol. The van der Waals surface area contributed by atoms with Crippen molar-refractivity contribution in [2.24, 2.45) is 5.92 Å². The summed E-state index contributed by atoms with van der Waals surface area (Å²) in [7, 11) is 0. The highest BCUT2D eigenvalue weighted by atomic mass is 19.1. The Labute approximate surface area is 119 Å². The Morgan fingerprint density at radius 1 is 1.38 bits per heavy atom. The normalized spacial score (nSPS) is 17.5. The number of rotatable bonds is 4. The second-order valence-electron chi connectivity index (χ2n) is 4.87. The molecule has 21 heavy (non-hydrogen) atoms. The number of halogens is 2. The third-order valence-corrected chi connectivity index (χ3v) is 3.42. The van der Waals surface area contributed by atoms with Gasteiger partial charge >= 0.3 is 5.69 Å². The van der Waals surface area contributed by atoms with Crippen LogP contribution in [-0.4, -0.2) is 17.4 Å². The number of hydrogen-bond acceptors (Lipinski definition) is 3. The van der Waals surface area contributed by atoms with Gasteiger partial charge in [-0.25, -0.2) is 4.39 Å². The van der Waals surface area contributed by atoms with E-state index in [0.29, 0.717) is 6.07 Å². The van der Waals surface area contributed by atoms with E-state index in [2.05, 4.69) is 5.32 Å². The number of carbonyl (C=O) groups is 1. The predicted molar refractivity (Wildman–Crippen MR) is 71.8 cm³/mol. The van der Waals surface area contributed by atoms with Gasteiger partial charge in [-0.2, -0.15) is 4.39 Å². The highest BCUT2D eigenvalue weighted by Gasteiger charge is 2.26. The summed E-state index contributed by atoms with van der Waals surface area (Å²) in [6.07, 6.45) is 6.62. The number of nitrogens with one attached hydrogen (secondary N) is 1. The van der Waals surface area contributed by atoms with Gasteiger partial charge in [0, 0.05) is 12.6 Å². The van der Waals surface area contributed by atoms with Crippen LogP contribution in [0, 0.1) is 27.7 Å². The van der Waals surface area contributed by atoms with Crippen molar-refractivity contribution in [2.45, 2.75) is 19.3 Å². The third kappa shape index (κ3) is 3.42. The SMILES string of the molecule is O=C(NCC1CC=CCC1)c1c(F)ccc([N+](=O)[O-])c1F. The van der Waals surface area contributed by atoms with Crippen LogP contribution < -0.4 is 5.32 Å². The van der Waals surface area contributed by atoms with Gasteiger partial charge in [0.05, 0.1) is 4.92 Å². The van der Waals surface area contributed by atoms with Gasteiger partial charge in [-0.1, -0.05) is 12.2 Å². The first kappa shape index (κ1) is 15.1. The van der Waals surface area contributed by atoms with E-state index in [1.807, 2.05) is 12.2 Å². The number of allylic oxidation sites excluding steroid dienone is 2. The molecule has 5 nitrogen and oxygen atoms in total. The molecule has 2 rings (SSSR count). The maximum atomic E-state index is 13.8. The zero-order chi connectivity index (χ0) is 15.4. The van der Waals surface area contributed by atoms with Gasteiger partial charge in [-0.05, 0) is 31.2 Å². The van der Waals surface area contributed by atoms with Gasteiger partial charge in [0.2, 0.25) is 5.82 Å². The quantitative estimate of drug-likeness (QED) is 0.527. The van der Waals surface area contributed by atoms with Crippen molar-refractivity contribution in [1.29, 1.82) is 0 Å². The Kier molecular flexibility index (Phi) is 4.62. The van der Waals surface area contributed by atoms with Gasteiger partial charge in [0.25, 0.3) is 5.91 Å². The molecule has 0 spiro atoms. The van der Waals surface area contributed by atoms with E-state index in [1.54, 1.807) is 0 Å². The minimum Gasteiger partial charge on any atom is -0.352 e. The molecule has 0 saturated heterocycles. The van der Waals surface area contributed by atoms with Crippen LogP contribution in [0.4, 0.5) is 14.5 Å². The standard InChI is InChI=1S/C14H14F2N2O3/c15-10-6-7-11(18(20)21)13(16)12(10)14(19)17-8-9-4-2-1-3-5-9/h1-2,6-7,9H,3-5,8H2,(H,17,19). The molecule has 0 aliphatic heterocycles. The van der Waals surface area contributed by atoms with Crippen molar-refractivity contribution in [3.8, 4) is 0 Å².